The molecule has 2 bridgehead atoms. The third kappa shape index (κ3) is 4.39. The van der Waals surface area contributed by atoms with Crippen LogP contribution < -0.4 is 4.90 Å². The van der Waals surface area contributed by atoms with Crippen molar-refractivity contribution in [2.45, 2.75) is 100 Å². The van der Waals surface area contributed by atoms with E-state index in [9.17, 15) is 13.6 Å². The summed E-state index contributed by atoms with van der Waals surface area (Å²) in [4.78, 5) is 25.3. The topological polar surface area (TPSA) is 72.1 Å². The van der Waals surface area contributed by atoms with E-state index in [-0.39, 0.29) is 29.6 Å². The normalized spacial score (nSPS) is 29.4. The van der Waals surface area contributed by atoms with Crippen LogP contribution in [0.4, 0.5) is 14.5 Å². The lowest BCUT2D eigenvalue weighted by molar-refractivity contribution is -0.148. The average molecular weight is 565 g/mol. The molecule has 0 saturated heterocycles. The first kappa shape index (κ1) is 25.1. The maximum Gasteiger partial charge on any atom is 0.258 e. The van der Waals surface area contributed by atoms with E-state index in [1.165, 1.54) is 23.5 Å². The zero-order valence-corrected chi connectivity index (χ0v) is 23.4. The molecule has 210 valence electrons. The van der Waals surface area contributed by atoms with Crippen molar-refractivity contribution in [2.75, 3.05) is 11.4 Å². The number of rotatable bonds is 8. The van der Waals surface area contributed by atoms with Crippen LogP contribution in [0.25, 0.3) is 11.5 Å². The lowest BCUT2D eigenvalue weighted by Crippen LogP contribution is -2.53. The Balaban J connectivity index is 1.05. The van der Waals surface area contributed by atoms with E-state index >= 15 is 0 Å². The van der Waals surface area contributed by atoms with Crippen LogP contribution in [0.3, 0.4) is 0 Å². The SMILES string of the molecule is O=C(C1CC(F)(F)C1)N(CC12CCC(c3nc(C4CC4)cs3)(CC1)CC2)c1cccc(-c2nc(C3CC3)no2)c1. The number of anilines is 1. The van der Waals surface area contributed by atoms with Gasteiger partial charge in [0.25, 0.3) is 5.89 Å². The molecule has 0 N–H and O–H groups in total. The number of nitrogens with zero attached hydrogens (tertiary/aromatic N) is 4. The molecule has 9 heteroatoms. The van der Waals surface area contributed by atoms with Crippen molar-refractivity contribution < 1.29 is 18.1 Å². The number of hydrogen-bond donors (Lipinski definition) is 0. The van der Waals surface area contributed by atoms with Crippen molar-refractivity contribution in [1.29, 1.82) is 0 Å². The predicted molar refractivity (Wildman–Crippen MR) is 148 cm³/mol. The molecule has 40 heavy (non-hydrogen) atoms. The quantitative estimate of drug-likeness (QED) is 0.281. The Hall–Kier alpha value is -2.68. The highest BCUT2D eigenvalue weighted by molar-refractivity contribution is 7.09. The van der Waals surface area contributed by atoms with Gasteiger partial charge in [-0.15, -0.1) is 11.3 Å². The van der Waals surface area contributed by atoms with E-state index in [4.69, 9.17) is 9.51 Å². The molecule has 6 saturated carbocycles. The van der Waals surface area contributed by atoms with E-state index in [1.54, 1.807) is 0 Å². The number of carbonyl (C=O) groups excluding carboxylic acids is 1. The van der Waals surface area contributed by atoms with E-state index in [2.05, 4.69) is 15.5 Å². The van der Waals surface area contributed by atoms with Gasteiger partial charge in [-0.3, -0.25) is 4.79 Å². The molecule has 6 fully saturated rings. The number of thiazole rings is 1. The largest absolute Gasteiger partial charge is 0.334 e. The van der Waals surface area contributed by atoms with Crippen molar-refractivity contribution in [3.05, 3.63) is 46.2 Å². The summed E-state index contributed by atoms with van der Waals surface area (Å²) in [5.74, 6) is -1.32. The minimum absolute atomic E-state index is 0.000107. The third-order valence-electron chi connectivity index (χ3n) is 10.4. The summed E-state index contributed by atoms with van der Waals surface area (Å²) in [6, 6.07) is 7.63. The molecule has 0 aliphatic heterocycles. The molecule has 1 aromatic carbocycles. The molecular formula is C31H34F2N4O2S. The highest BCUT2D eigenvalue weighted by Gasteiger charge is 2.54. The summed E-state index contributed by atoms with van der Waals surface area (Å²) < 4.78 is 33.2. The van der Waals surface area contributed by atoms with Gasteiger partial charge in [-0.1, -0.05) is 11.2 Å². The number of hydrogen-bond acceptors (Lipinski definition) is 6. The number of alkyl halides is 2. The zero-order valence-electron chi connectivity index (χ0n) is 22.6. The summed E-state index contributed by atoms with van der Waals surface area (Å²) >= 11 is 1.84. The van der Waals surface area contributed by atoms with Crippen LogP contribution >= 0.6 is 11.3 Å². The number of fused-ring (bicyclic) bond motifs is 3. The Morgan fingerprint density at radius 3 is 2.40 bits per heavy atom. The first-order valence-electron chi connectivity index (χ1n) is 14.9. The minimum Gasteiger partial charge on any atom is -0.334 e. The molecule has 6 aliphatic carbocycles. The standard InChI is InChI=1S/C31H34F2N4O2S/c32-31(33)15-22(16-31)27(38)37(23-3-1-2-21(14-23)26-35-25(36-39-26)20-6-7-20)18-29-8-11-30(12-9-29,13-10-29)28-34-24(17-40-28)19-4-5-19/h1-3,14,17,19-20,22H,4-13,15-16,18H2. The van der Waals surface area contributed by atoms with Gasteiger partial charge in [-0.05, 0) is 87.8 Å². The summed E-state index contributed by atoms with van der Waals surface area (Å²) in [6.07, 6.45) is 10.3. The number of amides is 1. The predicted octanol–water partition coefficient (Wildman–Crippen LogP) is 7.62. The fourth-order valence-electron chi connectivity index (χ4n) is 7.27. The van der Waals surface area contributed by atoms with Gasteiger partial charge in [-0.25, -0.2) is 13.8 Å². The van der Waals surface area contributed by atoms with E-state index in [0.29, 0.717) is 24.3 Å². The van der Waals surface area contributed by atoms with Crippen molar-refractivity contribution in [2.24, 2.45) is 11.3 Å². The second-order valence-corrected chi connectivity index (χ2v) is 14.2. The summed E-state index contributed by atoms with van der Waals surface area (Å²) in [5.41, 5.74) is 2.94. The highest BCUT2D eigenvalue weighted by Crippen LogP contribution is 2.59. The molecular weight excluding hydrogens is 530 g/mol. The first-order valence-corrected chi connectivity index (χ1v) is 15.8. The molecule has 1 amide bonds. The molecule has 0 radical (unpaired) electrons. The van der Waals surface area contributed by atoms with Crippen LogP contribution in [0.2, 0.25) is 0 Å². The van der Waals surface area contributed by atoms with Gasteiger partial charge in [0.1, 0.15) is 0 Å². The highest BCUT2D eigenvalue weighted by atomic mass is 32.1. The molecule has 6 nitrogen and oxygen atoms in total. The van der Waals surface area contributed by atoms with Crippen LogP contribution in [0.1, 0.15) is 105 Å². The molecule has 0 unspecified atom stereocenters. The van der Waals surface area contributed by atoms with Crippen molar-refractivity contribution in [3.63, 3.8) is 0 Å². The number of aromatic nitrogens is 3. The van der Waals surface area contributed by atoms with Gasteiger partial charge in [-0.2, -0.15) is 4.98 Å². The Morgan fingerprint density at radius 1 is 1.00 bits per heavy atom. The van der Waals surface area contributed by atoms with Crippen LogP contribution in [0.5, 0.6) is 0 Å². The lowest BCUT2D eigenvalue weighted by atomic mass is 9.53. The first-order chi connectivity index (χ1) is 19.3. The van der Waals surface area contributed by atoms with Crippen molar-refractivity contribution >= 4 is 22.9 Å². The van der Waals surface area contributed by atoms with Gasteiger partial charge in [0, 0.05) is 59.2 Å². The van der Waals surface area contributed by atoms with E-state index < -0.39 is 11.8 Å². The average Bonchev–Trinajstić information content (AvgIpc) is 3.89. The van der Waals surface area contributed by atoms with Gasteiger partial charge >= 0.3 is 0 Å². The molecule has 0 atom stereocenters. The van der Waals surface area contributed by atoms with Gasteiger partial charge in [0.15, 0.2) is 5.82 Å². The monoisotopic (exact) mass is 564 g/mol. The molecule has 9 rings (SSSR count). The molecule has 6 aliphatic rings. The molecule has 0 spiro atoms. The summed E-state index contributed by atoms with van der Waals surface area (Å²) in [5, 5.41) is 7.73. The zero-order chi connectivity index (χ0) is 27.1. The van der Waals surface area contributed by atoms with E-state index in [0.717, 1.165) is 68.4 Å². The molecule has 2 aromatic heterocycles. The van der Waals surface area contributed by atoms with Crippen molar-refractivity contribution in [1.82, 2.24) is 15.1 Å². The van der Waals surface area contributed by atoms with Crippen LogP contribution in [-0.4, -0.2) is 33.5 Å². The van der Waals surface area contributed by atoms with Crippen LogP contribution in [-0.2, 0) is 10.2 Å². The second-order valence-electron chi connectivity index (χ2n) is 13.3. The Morgan fingerprint density at radius 2 is 1.73 bits per heavy atom. The van der Waals surface area contributed by atoms with Gasteiger partial charge in [0.05, 0.1) is 10.7 Å². The maximum absolute atomic E-state index is 13.8. The molecule has 2 heterocycles. The second kappa shape index (κ2) is 8.91. The smallest absolute Gasteiger partial charge is 0.258 e. The Labute approximate surface area is 236 Å². The van der Waals surface area contributed by atoms with Crippen molar-refractivity contribution in [3.8, 4) is 11.5 Å². The third-order valence-corrected chi connectivity index (χ3v) is 11.5. The van der Waals surface area contributed by atoms with Crippen LogP contribution in [0, 0.1) is 11.3 Å². The fraction of sp³-hybridized carbons (Fsp3) is 0.613. The number of carbonyl (C=O) groups is 1. The minimum atomic E-state index is -2.74. The van der Waals surface area contributed by atoms with Gasteiger partial charge < -0.3 is 9.42 Å². The van der Waals surface area contributed by atoms with E-state index in [1.807, 2.05) is 40.5 Å². The number of benzene rings is 1. The maximum atomic E-state index is 13.8. The van der Waals surface area contributed by atoms with Gasteiger partial charge in [0.2, 0.25) is 11.8 Å². The number of halogens is 2. The Bertz CT molecular complexity index is 1430. The Kier molecular flexibility index (Phi) is 5.58. The molecule has 3 aromatic rings. The fourth-order valence-corrected chi connectivity index (χ4v) is 8.46. The summed E-state index contributed by atoms with van der Waals surface area (Å²) in [7, 11) is 0. The lowest BCUT2D eigenvalue weighted by Gasteiger charge is -2.54. The summed E-state index contributed by atoms with van der Waals surface area (Å²) in [6.45, 7) is 0.565. The van der Waals surface area contributed by atoms with Crippen LogP contribution in [0.15, 0.2) is 34.2 Å².